The van der Waals surface area contributed by atoms with Gasteiger partial charge in [0.05, 0.1) is 14.2 Å². The molecule has 1 aliphatic carbocycles. The van der Waals surface area contributed by atoms with E-state index >= 15 is 0 Å². The lowest BCUT2D eigenvalue weighted by molar-refractivity contribution is 0.345. The first-order valence-corrected chi connectivity index (χ1v) is 7.67. The van der Waals surface area contributed by atoms with Crippen LogP contribution in [0.5, 0.6) is 11.5 Å². The molecule has 0 radical (unpaired) electrons. The summed E-state index contributed by atoms with van der Waals surface area (Å²) in [7, 11) is 3.32. The molecule has 4 heteroatoms. The average molecular weight is 292 g/mol. The van der Waals surface area contributed by atoms with Gasteiger partial charge in [-0.3, -0.25) is 0 Å². The van der Waals surface area contributed by atoms with E-state index in [1.165, 1.54) is 12.0 Å². The molecule has 0 bridgehead atoms. The molecule has 0 aliphatic heterocycles. The molecule has 2 rings (SSSR count). The molecule has 0 heterocycles. The van der Waals surface area contributed by atoms with Gasteiger partial charge in [-0.25, -0.2) is 0 Å². The Morgan fingerprint density at radius 1 is 1.29 bits per heavy atom. The molecular formula is C17H28N2O2. The highest BCUT2D eigenvalue weighted by Crippen LogP contribution is 2.37. The molecule has 0 amide bonds. The first kappa shape index (κ1) is 16.1. The number of hydrogen-bond acceptors (Lipinski definition) is 4. The molecular weight excluding hydrogens is 264 g/mol. The van der Waals surface area contributed by atoms with Crippen LogP contribution < -0.4 is 20.5 Å². The summed E-state index contributed by atoms with van der Waals surface area (Å²) in [6, 6.07) is 6.07. The van der Waals surface area contributed by atoms with Gasteiger partial charge in [0.2, 0.25) is 0 Å². The molecule has 1 fully saturated rings. The van der Waals surface area contributed by atoms with Crippen LogP contribution in [0.2, 0.25) is 0 Å². The Bertz CT molecular complexity index is 478. The van der Waals surface area contributed by atoms with Crippen LogP contribution >= 0.6 is 0 Å². The average Bonchev–Trinajstić information content (AvgIpc) is 3.21. The third-order valence-corrected chi connectivity index (χ3v) is 4.56. The van der Waals surface area contributed by atoms with Crippen molar-refractivity contribution < 1.29 is 9.47 Å². The lowest BCUT2D eigenvalue weighted by atomic mass is 9.92. The second-order valence-corrected chi connectivity index (χ2v) is 6.48. The van der Waals surface area contributed by atoms with E-state index < -0.39 is 0 Å². The van der Waals surface area contributed by atoms with Crippen LogP contribution in [0.15, 0.2) is 18.2 Å². The number of rotatable bonds is 8. The summed E-state index contributed by atoms with van der Waals surface area (Å²) in [6.07, 6.45) is 2.22. The van der Waals surface area contributed by atoms with E-state index in [-0.39, 0.29) is 5.54 Å². The van der Waals surface area contributed by atoms with Crippen molar-refractivity contribution in [1.29, 1.82) is 0 Å². The van der Waals surface area contributed by atoms with E-state index in [2.05, 4.69) is 25.2 Å². The van der Waals surface area contributed by atoms with Gasteiger partial charge in [0.1, 0.15) is 0 Å². The molecule has 0 spiro atoms. The van der Waals surface area contributed by atoms with Crippen molar-refractivity contribution in [2.24, 2.45) is 17.6 Å². The van der Waals surface area contributed by atoms with E-state index in [1.807, 2.05) is 12.1 Å². The smallest absolute Gasteiger partial charge is 0.160 e. The van der Waals surface area contributed by atoms with Crippen LogP contribution in [0.25, 0.3) is 0 Å². The van der Waals surface area contributed by atoms with Gasteiger partial charge in [0, 0.05) is 12.1 Å². The Kier molecular flexibility index (Phi) is 5.12. The quantitative estimate of drug-likeness (QED) is 0.771. The van der Waals surface area contributed by atoms with Crippen LogP contribution in [0, 0.1) is 11.8 Å². The zero-order chi connectivity index (χ0) is 15.5. The minimum atomic E-state index is -0.0814. The standard InChI is InChI=1S/C17H28N2O2/c1-12-7-14(12)10-19-17(2,11-18)9-13-5-6-15(20-3)16(8-13)21-4/h5-6,8,12,14,19H,7,9-11,18H2,1-4H3. The topological polar surface area (TPSA) is 56.5 Å². The van der Waals surface area contributed by atoms with Crippen molar-refractivity contribution in [1.82, 2.24) is 5.32 Å². The van der Waals surface area contributed by atoms with E-state index in [4.69, 9.17) is 15.2 Å². The van der Waals surface area contributed by atoms with Gasteiger partial charge in [-0.15, -0.1) is 0 Å². The molecule has 3 unspecified atom stereocenters. The summed E-state index contributed by atoms with van der Waals surface area (Å²) in [6.45, 7) is 6.17. The molecule has 1 aliphatic rings. The molecule has 4 nitrogen and oxygen atoms in total. The Hall–Kier alpha value is -1.26. The largest absolute Gasteiger partial charge is 0.493 e. The van der Waals surface area contributed by atoms with Crippen LogP contribution in [0.3, 0.4) is 0 Å². The Balaban J connectivity index is 2.02. The van der Waals surface area contributed by atoms with Crippen molar-refractivity contribution in [3.05, 3.63) is 23.8 Å². The Morgan fingerprint density at radius 3 is 2.48 bits per heavy atom. The molecule has 1 aromatic carbocycles. The molecule has 1 aromatic rings. The fraction of sp³-hybridized carbons (Fsp3) is 0.647. The highest BCUT2D eigenvalue weighted by molar-refractivity contribution is 5.43. The summed E-state index contributed by atoms with van der Waals surface area (Å²) in [5.41, 5.74) is 7.13. The highest BCUT2D eigenvalue weighted by Gasteiger charge is 2.34. The zero-order valence-electron chi connectivity index (χ0n) is 13.6. The number of benzene rings is 1. The van der Waals surface area contributed by atoms with Crippen molar-refractivity contribution in [3.63, 3.8) is 0 Å². The molecule has 3 N–H and O–H groups in total. The van der Waals surface area contributed by atoms with Gasteiger partial charge >= 0.3 is 0 Å². The molecule has 118 valence electrons. The monoisotopic (exact) mass is 292 g/mol. The van der Waals surface area contributed by atoms with E-state index in [9.17, 15) is 0 Å². The second-order valence-electron chi connectivity index (χ2n) is 6.48. The van der Waals surface area contributed by atoms with Crippen LogP contribution in [0.1, 0.15) is 25.8 Å². The van der Waals surface area contributed by atoms with E-state index in [1.54, 1.807) is 14.2 Å². The maximum atomic E-state index is 6.00. The minimum Gasteiger partial charge on any atom is -0.493 e. The fourth-order valence-corrected chi connectivity index (χ4v) is 2.71. The summed E-state index contributed by atoms with van der Waals surface area (Å²) >= 11 is 0. The zero-order valence-corrected chi connectivity index (χ0v) is 13.6. The van der Waals surface area contributed by atoms with Crippen molar-refractivity contribution in [3.8, 4) is 11.5 Å². The van der Waals surface area contributed by atoms with Crippen LogP contribution in [-0.4, -0.2) is 32.8 Å². The summed E-state index contributed by atoms with van der Waals surface area (Å²) < 4.78 is 10.7. The lowest BCUT2D eigenvalue weighted by Crippen LogP contribution is -2.51. The second kappa shape index (κ2) is 6.67. The molecule has 21 heavy (non-hydrogen) atoms. The van der Waals surface area contributed by atoms with Crippen molar-refractivity contribution >= 4 is 0 Å². The van der Waals surface area contributed by atoms with Gasteiger partial charge in [0.15, 0.2) is 11.5 Å². The molecule has 0 saturated heterocycles. The van der Waals surface area contributed by atoms with E-state index in [0.29, 0.717) is 6.54 Å². The number of ether oxygens (including phenoxy) is 2. The number of nitrogens with two attached hydrogens (primary N) is 1. The number of hydrogen-bond donors (Lipinski definition) is 2. The van der Waals surface area contributed by atoms with Gasteiger partial charge in [-0.05, 0) is 55.8 Å². The van der Waals surface area contributed by atoms with Gasteiger partial charge in [0.25, 0.3) is 0 Å². The maximum Gasteiger partial charge on any atom is 0.160 e. The lowest BCUT2D eigenvalue weighted by Gasteiger charge is -2.30. The predicted octanol–water partition coefficient (Wildman–Crippen LogP) is 2.21. The maximum absolute atomic E-state index is 6.00. The van der Waals surface area contributed by atoms with Crippen molar-refractivity contribution in [2.45, 2.75) is 32.2 Å². The van der Waals surface area contributed by atoms with Crippen LogP contribution in [0.4, 0.5) is 0 Å². The van der Waals surface area contributed by atoms with Gasteiger partial charge in [-0.2, -0.15) is 0 Å². The third-order valence-electron chi connectivity index (χ3n) is 4.56. The van der Waals surface area contributed by atoms with Crippen molar-refractivity contribution in [2.75, 3.05) is 27.3 Å². The SMILES string of the molecule is COc1ccc(CC(C)(CN)NCC2CC2C)cc1OC. The van der Waals surface area contributed by atoms with E-state index in [0.717, 1.165) is 36.3 Å². The summed E-state index contributed by atoms with van der Waals surface area (Å²) in [5, 5.41) is 3.66. The normalized spacial score (nSPS) is 23.5. The Labute approximate surface area is 128 Å². The Morgan fingerprint density at radius 2 is 1.95 bits per heavy atom. The third kappa shape index (κ3) is 4.11. The predicted molar refractivity (Wildman–Crippen MR) is 86.0 cm³/mol. The number of nitrogens with one attached hydrogen (secondary N) is 1. The number of methoxy groups -OCH3 is 2. The highest BCUT2D eigenvalue weighted by atomic mass is 16.5. The fourth-order valence-electron chi connectivity index (χ4n) is 2.71. The minimum absolute atomic E-state index is 0.0814. The molecule has 0 aromatic heterocycles. The molecule has 3 atom stereocenters. The molecule has 1 saturated carbocycles. The first-order chi connectivity index (χ1) is 10.0. The van der Waals surface area contributed by atoms with Crippen LogP contribution in [-0.2, 0) is 6.42 Å². The van der Waals surface area contributed by atoms with Gasteiger partial charge < -0.3 is 20.5 Å². The van der Waals surface area contributed by atoms with Gasteiger partial charge in [-0.1, -0.05) is 13.0 Å². The summed E-state index contributed by atoms with van der Waals surface area (Å²) in [5.74, 6) is 3.21. The first-order valence-electron chi connectivity index (χ1n) is 7.67. The summed E-state index contributed by atoms with van der Waals surface area (Å²) in [4.78, 5) is 0.